The average Bonchev–Trinajstić information content (AvgIpc) is 2.26. The maximum absolute atomic E-state index is 11.1. The lowest BCUT2D eigenvalue weighted by molar-refractivity contribution is -0.140. The molecule has 1 aliphatic heterocycles. The van der Waals surface area contributed by atoms with Crippen molar-refractivity contribution in [3.8, 4) is 0 Å². The van der Waals surface area contributed by atoms with E-state index in [1.807, 2.05) is 6.92 Å². The fourth-order valence-electron chi connectivity index (χ4n) is 2.01. The predicted octanol–water partition coefficient (Wildman–Crippen LogP) is 0.450. The van der Waals surface area contributed by atoms with Crippen LogP contribution in [0.2, 0.25) is 0 Å². The number of nitrogens with one attached hydrogen (secondary N) is 1. The van der Waals surface area contributed by atoms with Crippen molar-refractivity contribution in [1.29, 1.82) is 0 Å². The van der Waals surface area contributed by atoms with Gasteiger partial charge in [-0.3, -0.25) is 9.59 Å². The Kier molecular flexibility index (Phi) is 4.73. The normalized spacial score (nSPS) is 19.5. The van der Waals surface area contributed by atoms with E-state index >= 15 is 0 Å². The van der Waals surface area contributed by atoms with Gasteiger partial charge in [-0.1, -0.05) is 6.92 Å². The molecule has 2 N–H and O–H groups in total. The quantitative estimate of drug-likeness (QED) is 0.733. The van der Waals surface area contributed by atoms with Gasteiger partial charge >= 0.3 is 5.97 Å². The number of carboxylic acid groups (broad SMARTS) is 1. The lowest BCUT2D eigenvalue weighted by atomic mass is 10.0. The zero-order chi connectivity index (χ0) is 12.1. The second kappa shape index (κ2) is 5.84. The van der Waals surface area contributed by atoms with Gasteiger partial charge in [-0.25, -0.2) is 0 Å². The number of carbonyl (C=O) groups excluding carboxylic acids is 1. The van der Waals surface area contributed by atoms with Crippen molar-refractivity contribution in [2.75, 3.05) is 13.1 Å². The van der Waals surface area contributed by atoms with Gasteiger partial charge in [-0.15, -0.1) is 0 Å². The Morgan fingerprint density at radius 2 is 2.00 bits per heavy atom. The summed E-state index contributed by atoms with van der Waals surface area (Å²) in [5.74, 6) is -0.694. The lowest BCUT2D eigenvalue weighted by Gasteiger charge is -2.33. The first-order valence-corrected chi connectivity index (χ1v) is 5.79. The minimum atomic E-state index is -0.795. The maximum Gasteiger partial charge on any atom is 0.320 e. The second-order valence-corrected chi connectivity index (χ2v) is 4.25. The van der Waals surface area contributed by atoms with Gasteiger partial charge in [0, 0.05) is 26.1 Å². The largest absolute Gasteiger partial charge is 0.480 e. The molecular weight excluding hydrogens is 208 g/mol. The van der Waals surface area contributed by atoms with Gasteiger partial charge < -0.3 is 15.3 Å². The van der Waals surface area contributed by atoms with Crippen molar-refractivity contribution >= 4 is 11.9 Å². The van der Waals surface area contributed by atoms with Crippen LogP contribution >= 0.6 is 0 Å². The molecule has 0 aromatic heterocycles. The zero-order valence-corrected chi connectivity index (χ0v) is 9.90. The number of rotatable bonds is 4. The summed E-state index contributed by atoms with van der Waals surface area (Å²) in [6.45, 7) is 4.88. The Hall–Kier alpha value is -1.10. The summed E-state index contributed by atoms with van der Waals surface area (Å²) in [6.07, 6.45) is 2.26. The highest BCUT2D eigenvalue weighted by molar-refractivity contribution is 5.74. The van der Waals surface area contributed by atoms with Crippen LogP contribution in [0.25, 0.3) is 0 Å². The molecule has 0 saturated carbocycles. The Balaban J connectivity index is 2.36. The molecule has 1 atom stereocenters. The number of nitrogens with zero attached hydrogens (tertiary/aromatic N) is 1. The molecule has 0 radical (unpaired) electrons. The molecule has 1 aliphatic rings. The summed E-state index contributed by atoms with van der Waals surface area (Å²) < 4.78 is 0. The van der Waals surface area contributed by atoms with E-state index in [-0.39, 0.29) is 11.9 Å². The van der Waals surface area contributed by atoms with Gasteiger partial charge in [0.25, 0.3) is 0 Å². The molecule has 0 aromatic carbocycles. The highest BCUT2D eigenvalue weighted by Gasteiger charge is 2.24. The summed E-state index contributed by atoms with van der Waals surface area (Å²) >= 11 is 0. The molecule has 16 heavy (non-hydrogen) atoms. The number of hydrogen-bond acceptors (Lipinski definition) is 3. The standard InChI is InChI=1S/C11H20N2O3/c1-3-10(11(15)16)12-9-4-6-13(7-5-9)8(2)14/h9-10,12H,3-7H2,1-2H3,(H,15,16). The highest BCUT2D eigenvalue weighted by Crippen LogP contribution is 2.11. The molecule has 0 aromatic rings. The predicted molar refractivity (Wildman–Crippen MR) is 60.1 cm³/mol. The van der Waals surface area contributed by atoms with Crippen LogP contribution in [0.15, 0.2) is 0 Å². The van der Waals surface area contributed by atoms with Crippen LogP contribution in [0, 0.1) is 0 Å². The van der Waals surface area contributed by atoms with Crippen molar-refractivity contribution in [1.82, 2.24) is 10.2 Å². The Morgan fingerprint density at radius 1 is 1.44 bits per heavy atom. The van der Waals surface area contributed by atoms with Crippen LogP contribution < -0.4 is 5.32 Å². The summed E-state index contributed by atoms with van der Waals surface area (Å²) in [5.41, 5.74) is 0. The number of aliphatic carboxylic acids is 1. The van der Waals surface area contributed by atoms with E-state index in [0.29, 0.717) is 6.42 Å². The number of amides is 1. The molecule has 1 heterocycles. The van der Waals surface area contributed by atoms with Crippen molar-refractivity contribution in [2.24, 2.45) is 0 Å². The van der Waals surface area contributed by atoms with Crippen LogP contribution in [0.1, 0.15) is 33.1 Å². The first kappa shape index (κ1) is 13.0. The minimum Gasteiger partial charge on any atom is -0.480 e. The van der Waals surface area contributed by atoms with E-state index < -0.39 is 12.0 Å². The van der Waals surface area contributed by atoms with E-state index in [0.717, 1.165) is 25.9 Å². The smallest absolute Gasteiger partial charge is 0.320 e. The Bertz CT molecular complexity index is 260. The minimum absolute atomic E-state index is 0.101. The molecule has 0 aliphatic carbocycles. The van der Waals surface area contributed by atoms with Crippen molar-refractivity contribution < 1.29 is 14.7 Å². The molecule has 1 saturated heterocycles. The monoisotopic (exact) mass is 228 g/mol. The zero-order valence-electron chi connectivity index (χ0n) is 9.90. The molecule has 1 rings (SSSR count). The first-order valence-electron chi connectivity index (χ1n) is 5.79. The number of likely N-dealkylation sites (tertiary alicyclic amines) is 1. The first-order chi connectivity index (χ1) is 7.54. The van der Waals surface area contributed by atoms with Crippen LogP contribution in [-0.2, 0) is 9.59 Å². The number of piperidine rings is 1. The van der Waals surface area contributed by atoms with E-state index in [4.69, 9.17) is 5.11 Å². The van der Waals surface area contributed by atoms with Crippen molar-refractivity contribution in [2.45, 2.75) is 45.2 Å². The Morgan fingerprint density at radius 3 is 2.38 bits per heavy atom. The van der Waals surface area contributed by atoms with Gasteiger partial charge in [-0.2, -0.15) is 0 Å². The lowest BCUT2D eigenvalue weighted by Crippen LogP contribution is -2.49. The summed E-state index contributed by atoms with van der Waals surface area (Å²) in [5, 5.41) is 12.0. The molecule has 92 valence electrons. The third-order valence-corrected chi connectivity index (χ3v) is 3.08. The van der Waals surface area contributed by atoms with E-state index in [2.05, 4.69) is 5.32 Å². The van der Waals surface area contributed by atoms with Gasteiger partial charge in [0.2, 0.25) is 5.91 Å². The highest BCUT2D eigenvalue weighted by atomic mass is 16.4. The van der Waals surface area contributed by atoms with Gasteiger partial charge in [-0.05, 0) is 19.3 Å². The van der Waals surface area contributed by atoms with Crippen LogP contribution in [-0.4, -0.2) is 47.1 Å². The third kappa shape index (κ3) is 3.48. The summed E-state index contributed by atoms with van der Waals surface area (Å²) in [6, 6.07) is -0.245. The summed E-state index contributed by atoms with van der Waals surface area (Å²) in [4.78, 5) is 23.8. The summed E-state index contributed by atoms with van der Waals surface area (Å²) in [7, 11) is 0. The maximum atomic E-state index is 11.1. The fraction of sp³-hybridized carbons (Fsp3) is 0.818. The van der Waals surface area contributed by atoms with Gasteiger partial charge in [0.05, 0.1) is 0 Å². The van der Waals surface area contributed by atoms with E-state index in [9.17, 15) is 9.59 Å². The SMILES string of the molecule is CCC(NC1CCN(C(C)=O)CC1)C(=O)O. The molecule has 1 unspecified atom stereocenters. The third-order valence-electron chi connectivity index (χ3n) is 3.08. The Labute approximate surface area is 95.8 Å². The van der Waals surface area contributed by atoms with Crippen molar-refractivity contribution in [3.63, 3.8) is 0 Å². The number of carboxylic acids is 1. The van der Waals surface area contributed by atoms with Crippen LogP contribution in [0.4, 0.5) is 0 Å². The molecule has 1 amide bonds. The van der Waals surface area contributed by atoms with Gasteiger partial charge in [0.15, 0.2) is 0 Å². The van der Waals surface area contributed by atoms with E-state index in [1.165, 1.54) is 0 Å². The molecule has 0 spiro atoms. The average molecular weight is 228 g/mol. The number of hydrogen-bond donors (Lipinski definition) is 2. The van der Waals surface area contributed by atoms with E-state index in [1.54, 1.807) is 11.8 Å². The fourth-order valence-corrected chi connectivity index (χ4v) is 2.01. The van der Waals surface area contributed by atoms with Crippen LogP contribution in [0.5, 0.6) is 0 Å². The molecule has 0 bridgehead atoms. The topological polar surface area (TPSA) is 69.6 Å². The van der Waals surface area contributed by atoms with Gasteiger partial charge in [0.1, 0.15) is 6.04 Å². The molecule has 5 nitrogen and oxygen atoms in total. The van der Waals surface area contributed by atoms with Crippen LogP contribution in [0.3, 0.4) is 0 Å². The molecule has 5 heteroatoms. The second-order valence-electron chi connectivity index (χ2n) is 4.25. The molecule has 1 fully saturated rings. The van der Waals surface area contributed by atoms with Crippen molar-refractivity contribution in [3.05, 3.63) is 0 Å². The number of carbonyl (C=O) groups is 2. The molecular formula is C11H20N2O3.